The summed E-state index contributed by atoms with van der Waals surface area (Å²) in [5, 5.41) is 24.9. The molecular formula is C24H26ClN7O3. The van der Waals surface area contributed by atoms with E-state index in [1.165, 1.54) is 0 Å². The number of carbonyl (C=O) groups excluding carboxylic acids is 1. The van der Waals surface area contributed by atoms with Crippen molar-refractivity contribution in [2.24, 2.45) is 5.16 Å². The molecule has 2 aromatic heterocycles. The van der Waals surface area contributed by atoms with Gasteiger partial charge in [0.05, 0.1) is 24.5 Å². The van der Waals surface area contributed by atoms with Crippen LogP contribution in [0.25, 0.3) is 16.1 Å². The molecule has 0 spiro atoms. The van der Waals surface area contributed by atoms with Crippen LogP contribution in [0.5, 0.6) is 0 Å². The largest absolute Gasteiger partial charge is 0.411 e. The molecule has 1 unspecified atom stereocenters. The first kappa shape index (κ1) is 24.4. The van der Waals surface area contributed by atoms with Crippen LogP contribution in [0.1, 0.15) is 55.5 Å². The van der Waals surface area contributed by atoms with Crippen molar-refractivity contribution in [1.82, 2.24) is 24.9 Å². The van der Waals surface area contributed by atoms with Crippen LogP contribution in [-0.2, 0) is 11.3 Å². The number of nitrogens with zero attached hydrogens (tertiary/aromatic N) is 6. The molecule has 3 heterocycles. The van der Waals surface area contributed by atoms with Gasteiger partial charge in [0.15, 0.2) is 11.9 Å². The van der Waals surface area contributed by atoms with E-state index >= 15 is 0 Å². The first-order valence-corrected chi connectivity index (χ1v) is 11.7. The Morgan fingerprint density at radius 2 is 2.20 bits per heavy atom. The van der Waals surface area contributed by atoms with Crippen molar-refractivity contribution in [2.45, 2.75) is 51.9 Å². The van der Waals surface area contributed by atoms with Crippen molar-refractivity contribution in [3.63, 3.8) is 0 Å². The molecule has 0 aliphatic carbocycles. The summed E-state index contributed by atoms with van der Waals surface area (Å²) in [6.07, 6.45) is 4.29. The van der Waals surface area contributed by atoms with Crippen molar-refractivity contribution in [2.75, 3.05) is 6.61 Å². The number of oxime groups is 1. The molecule has 1 aliphatic heterocycles. The summed E-state index contributed by atoms with van der Waals surface area (Å²) in [4.78, 5) is 16.3. The number of benzene rings is 1. The van der Waals surface area contributed by atoms with Gasteiger partial charge < -0.3 is 15.3 Å². The van der Waals surface area contributed by atoms with Crippen LogP contribution in [-0.4, -0.2) is 49.0 Å². The van der Waals surface area contributed by atoms with Crippen molar-refractivity contribution in [3.05, 3.63) is 64.4 Å². The highest BCUT2D eigenvalue weighted by Gasteiger charge is 2.24. The van der Waals surface area contributed by atoms with E-state index in [2.05, 4.69) is 25.5 Å². The Kier molecular flexibility index (Phi) is 7.48. The number of ether oxygens (including phenoxy) is 1. The minimum absolute atomic E-state index is 0.222. The SMILES string of the molecule is [C-]#[N+]c1ccc(-c2ccn(C[C@H](C)NC(=O)c3cc(/C(C)=N/O)n(C4CCCCO4)n3)n2)cc1Cl. The molecular weight excluding hydrogens is 470 g/mol. The summed E-state index contributed by atoms with van der Waals surface area (Å²) >= 11 is 6.14. The van der Waals surface area contributed by atoms with E-state index in [-0.39, 0.29) is 23.9 Å². The standard InChI is InChI=1S/C24H26ClN7O3/c1-15(14-31-10-9-19(28-31)17-7-8-20(26-3)18(25)12-17)27-24(33)21-13-22(16(2)30-34)32(29-21)23-6-4-5-11-35-23/h7-10,12-13,15,23,34H,4-6,11,14H2,1-2H3,(H,27,33)/b30-16+/t15-,23?/m0/s1. The Labute approximate surface area is 208 Å². The summed E-state index contributed by atoms with van der Waals surface area (Å²) in [6.45, 7) is 11.7. The second-order valence-corrected chi connectivity index (χ2v) is 8.85. The van der Waals surface area contributed by atoms with E-state index < -0.39 is 0 Å². The van der Waals surface area contributed by atoms with Crippen LogP contribution in [0.15, 0.2) is 41.7 Å². The van der Waals surface area contributed by atoms with Crippen LogP contribution in [0, 0.1) is 6.57 Å². The summed E-state index contributed by atoms with van der Waals surface area (Å²) in [5.41, 5.74) is 3.04. The average Bonchev–Trinajstić information content (AvgIpc) is 3.52. The lowest BCUT2D eigenvalue weighted by atomic mass is 10.1. The third-order valence-electron chi connectivity index (χ3n) is 5.76. The number of aromatic nitrogens is 4. The minimum atomic E-state index is -0.340. The number of amides is 1. The van der Waals surface area contributed by atoms with Gasteiger partial charge in [-0.2, -0.15) is 10.2 Å². The molecule has 1 saturated heterocycles. The maximum Gasteiger partial charge on any atom is 0.272 e. The fourth-order valence-corrected chi connectivity index (χ4v) is 4.18. The summed E-state index contributed by atoms with van der Waals surface area (Å²) in [5.74, 6) is -0.340. The van der Waals surface area contributed by atoms with E-state index in [9.17, 15) is 10.0 Å². The predicted molar refractivity (Wildman–Crippen MR) is 131 cm³/mol. The average molecular weight is 496 g/mol. The van der Waals surface area contributed by atoms with Crippen LogP contribution >= 0.6 is 11.6 Å². The number of halogens is 1. The number of nitrogens with one attached hydrogen (secondary N) is 1. The maximum atomic E-state index is 12.9. The Hall–Kier alpha value is -3.68. The van der Waals surface area contributed by atoms with Gasteiger partial charge in [0.25, 0.3) is 5.91 Å². The number of rotatable bonds is 7. The van der Waals surface area contributed by atoms with Gasteiger partial charge in [0.2, 0.25) is 5.69 Å². The van der Waals surface area contributed by atoms with E-state index in [1.807, 2.05) is 19.2 Å². The first-order chi connectivity index (χ1) is 16.9. The van der Waals surface area contributed by atoms with Crippen molar-refractivity contribution >= 4 is 28.9 Å². The molecule has 1 aliphatic rings. The molecule has 1 amide bonds. The molecule has 0 saturated carbocycles. The summed E-state index contributed by atoms with van der Waals surface area (Å²) < 4.78 is 9.17. The topological polar surface area (TPSA) is 111 Å². The molecule has 10 nitrogen and oxygen atoms in total. The van der Waals surface area contributed by atoms with Gasteiger partial charge in [-0.15, -0.1) is 0 Å². The number of hydrogen-bond donors (Lipinski definition) is 2. The zero-order valence-corrected chi connectivity index (χ0v) is 20.2. The van der Waals surface area contributed by atoms with E-state index in [0.29, 0.717) is 35.3 Å². The van der Waals surface area contributed by atoms with Crippen LogP contribution in [0.4, 0.5) is 5.69 Å². The van der Waals surface area contributed by atoms with E-state index in [0.717, 1.165) is 30.5 Å². The second-order valence-electron chi connectivity index (χ2n) is 8.44. The number of hydrogen-bond acceptors (Lipinski definition) is 6. The smallest absolute Gasteiger partial charge is 0.272 e. The van der Waals surface area contributed by atoms with Gasteiger partial charge in [-0.05, 0) is 51.3 Å². The fraction of sp³-hybridized carbons (Fsp3) is 0.375. The lowest BCUT2D eigenvalue weighted by molar-refractivity contribution is -0.0399. The zero-order chi connectivity index (χ0) is 24.9. The quantitative estimate of drug-likeness (QED) is 0.214. The Morgan fingerprint density at radius 3 is 2.89 bits per heavy atom. The summed E-state index contributed by atoms with van der Waals surface area (Å²) in [7, 11) is 0. The lowest BCUT2D eigenvalue weighted by Gasteiger charge is -2.24. The fourth-order valence-electron chi connectivity index (χ4n) is 3.96. The molecule has 2 atom stereocenters. The van der Waals surface area contributed by atoms with Gasteiger partial charge in [-0.25, -0.2) is 9.53 Å². The van der Waals surface area contributed by atoms with E-state index in [4.69, 9.17) is 22.9 Å². The Bertz CT molecular complexity index is 1280. The number of carbonyl (C=O) groups is 1. The predicted octanol–water partition coefficient (Wildman–Crippen LogP) is 4.67. The monoisotopic (exact) mass is 495 g/mol. The molecule has 1 aromatic carbocycles. The molecule has 0 bridgehead atoms. The molecule has 2 N–H and O–H groups in total. The first-order valence-electron chi connectivity index (χ1n) is 11.3. The maximum absolute atomic E-state index is 12.9. The van der Waals surface area contributed by atoms with Gasteiger partial charge in [-0.1, -0.05) is 28.9 Å². The molecule has 3 aromatic rings. The highest BCUT2D eigenvalue weighted by atomic mass is 35.5. The highest BCUT2D eigenvalue weighted by molar-refractivity contribution is 6.33. The van der Waals surface area contributed by atoms with Crippen molar-refractivity contribution in [1.29, 1.82) is 0 Å². The van der Waals surface area contributed by atoms with Crippen LogP contribution in [0.3, 0.4) is 0 Å². The highest BCUT2D eigenvalue weighted by Crippen LogP contribution is 2.30. The van der Waals surface area contributed by atoms with Gasteiger partial charge in [0, 0.05) is 29.4 Å². The Morgan fingerprint density at radius 1 is 1.37 bits per heavy atom. The molecule has 11 heteroatoms. The Balaban J connectivity index is 1.44. The van der Waals surface area contributed by atoms with Gasteiger partial charge in [0.1, 0.15) is 5.71 Å². The van der Waals surface area contributed by atoms with E-state index in [1.54, 1.807) is 40.6 Å². The minimum Gasteiger partial charge on any atom is -0.411 e. The van der Waals surface area contributed by atoms with Gasteiger partial charge in [-0.3, -0.25) is 9.48 Å². The molecule has 35 heavy (non-hydrogen) atoms. The normalized spacial score (nSPS) is 17.1. The zero-order valence-electron chi connectivity index (χ0n) is 19.5. The van der Waals surface area contributed by atoms with Crippen LogP contribution in [0.2, 0.25) is 5.02 Å². The third-order valence-corrected chi connectivity index (χ3v) is 6.06. The molecule has 4 rings (SSSR count). The molecule has 1 fully saturated rings. The second kappa shape index (κ2) is 10.7. The van der Waals surface area contributed by atoms with Crippen molar-refractivity contribution < 1.29 is 14.7 Å². The van der Waals surface area contributed by atoms with Crippen molar-refractivity contribution in [3.8, 4) is 11.3 Å². The van der Waals surface area contributed by atoms with Gasteiger partial charge >= 0.3 is 0 Å². The van der Waals surface area contributed by atoms with Crippen LogP contribution < -0.4 is 5.32 Å². The molecule has 0 radical (unpaired) electrons. The summed E-state index contributed by atoms with van der Waals surface area (Å²) in [6, 6.07) is 8.41. The molecule has 182 valence electrons. The third kappa shape index (κ3) is 5.53. The lowest BCUT2D eigenvalue weighted by Crippen LogP contribution is -2.36.